The lowest BCUT2D eigenvalue weighted by molar-refractivity contribution is 0.706. The first-order valence-corrected chi connectivity index (χ1v) is 4.21. The summed E-state index contributed by atoms with van der Waals surface area (Å²) in [4.78, 5) is 0. The van der Waals surface area contributed by atoms with Crippen molar-refractivity contribution in [3.8, 4) is 0 Å². The van der Waals surface area contributed by atoms with Crippen LogP contribution in [0.15, 0.2) is 18.2 Å². The Morgan fingerprint density at radius 3 is 2.67 bits per heavy atom. The second-order valence-electron chi connectivity index (χ2n) is 3.06. The first-order chi connectivity index (χ1) is 5.74. The van der Waals surface area contributed by atoms with Crippen LogP contribution in [-0.2, 0) is 6.54 Å². The van der Waals surface area contributed by atoms with Gasteiger partial charge in [-0.25, -0.2) is 0 Å². The van der Waals surface area contributed by atoms with Crippen molar-refractivity contribution in [2.24, 2.45) is 5.73 Å². The van der Waals surface area contributed by atoms with Crippen molar-refractivity contribution in [1.29, 1.82) is 0 Å². The topological polar surface area (TPSA) is 38.0 Å². The number of aryl methyl sites for hydroxylation is 2. The molecule has 2 nitrogen and oxygen atoms in total. The van der Waals surface area contributed by atoms with Crippen LogP contribution in [0.25, 0.3) is 0 Å². The number of hydrogen-bond acceptors (Lipinski definition) is 2. The molecule has 3 N–H and O–H groups in total. The van der Waals surface area contributed by atoms with E-state index in [2.05, 4.69) is 37.4 Å². The van der Waals surface area contributed by atoms with Crippen LogP contribution in [-0.4, -0.2) is 6.67 Å². The highest BCUT2D eigenvalue weighted by Crippen LogP contribution is 2.09. The van der Waals surface area contributed by atoms with Crippen molar-refractivity contribution in [3.05, 3.63) is 34.9 Å². The predicted octanol–water partition coefficient (Wildman–Crippen LogP) is 1.31. The Kier molecular flexibility index (Phi) is 3.26. The molecule has 1 aromatic rings. The molecule has 0 spiro atoms. The average molecular weight is 164 g/mol. The van der Waals surface area contributed by atoms with E-state index >= 15 is 0 Å². The fourth-order valence-electron chi connectivity index (χ4n) is 1.25. The number of benzene rings is 1. The van der Waals surface area contributed by atoms with Crippen LogP contribution in [0.4, 0.5) is 0 Å². The van der Waals surface area contributed by atoms with Gasteiger partial charge in [0.2, 0.25) is 0 Å². The van der Waals surface area contributed by atoms with E-state index in [4.69, 9.17) is 5.73 Å². The quantitative estimate of drug-likeness (QED) is 0.661. The summed E-state index contributed by atoms with van der Waals surface area (Å²) in [6.07, 6.45) is 0. The molecule has 2 heteroatoms. The van der Waals surface area contributed by atoms with Crippen molar-refractivity contribution >= 4 is 0 Å². The van der Waals surface area contributed by atoms with Gasteiger partial charge in [-0.05, 0) is 25.0 Å². The predicted molar refractivity (Wildman–Crippen MR) is 51.8 cm³/mol. The molecule has 0 fully saturated rings. The van der Waals surface area contributed by atoms with Gasteiger partial charge in [-0.2, -0.15) is 0 Å². The third kappa shape index (κ3) is 2.32. The number of hydrogen-bond donors (Lipinski definition) is 2. The standard InChI is InChI=1S/C10H16N2/c1-8-3-4-10(6-12-7-11)9(2)5-8/h3-5,12H,6-7,11H2,1-2H3. The zero-order valence-corrected chi connectivity index (χ0v) is 7.72. The lowest BCUT2D eigenvalue weighted by Crippen LogP contribution is -2.21. The number of nitrogens with two attached hydrogens (primary N) is 1. The van der Waals surface area contributed by atoms with Crippen molar-refractivity contribution in [3.63, 3.8) is 0 Å². The minimum Gasteiger partial charge on any atom is -0.318 e. The zero-order valence-electron chi connectivity index (χ0n) is 7.72. The maximum atomic E-state index is 5.35. The lowest BCUT2D eigenvalue weighted by atomic mass is 10.1. The van der Waals surface area contributed by atoms with Gasteiger partial charge < -0.3 is 11.1 Å². The largest absolute Gasteiger partial charge is 0.318 e. The second kappa shape index (κ2) is 4.24. The maximum Gasteiger partial charge on any atom is 0.0431 e. The van der Waals surface area contributed by atoms with E-state index < -0.39 is 0 Å². The summed E-state index contributed by atoms with van der Waals surface area (Å²) in [6, 6.07) is 6.46. The monoisotopic (exact) mass is 164 g/mol. The fourth-order valence-corrected chi connectivity index (χ4v) is 1.25. The minimum absolute atomic E-state index is 0.535. The molecular formula is C10H16N2. The van der Waals surface area contributed by atoms with Crippen LogP contribution < -0.4 is 11.1 Å². The second-order valence-corrected chi connectivity index (χ2v) is 3.06. The Morgan fingerprint density at radius 2 is 2.08 bits per heavy atom. The molecule has 66 valence electrons. The number of nitrogens with one attached hydrogen (secondary N) is 1. The van der Waals surface area contributed by atoms with Gasteiger partial charge in [-0.1, -0.05) is 23.8 Å². The first-order valence-electron chi connectivity index (χ1n) is 4.21. The average Bonchev–Trinajstić information content (AvgIpc) is 2.03. The highest BCUT2D eigenvalue weighted by Gasteiger charge is 1.96. The Labute approximate surface area is 73.8 Å². The van der Waals surface area contributed by atoms with Gasteiger partial charge in [-0.15, -0.1) is 0 Å². The molecule has 0 atom stereocenters. The van der Waals surface area contributed by atoms with Crippen molar-refractivity contribution in [2.45, 2.75) is 20.4 Å². The summed E-state index contributed by atoms with van der Waals surface area (Å²) in [5.74, 6) is 0. The summed E-state index contributed by atoms with van der Waals surface area (Å²) in [7, 11) is 0. The van der Waals surface area contributed by atoms with Crippen LogP contribution >= 0.6 is 0 Å². The molecular weight excluding hydrogens is 148 g/mol. The minimum atomic E-state index is 0.535. The first kappa shape index (κ1) is 9.23. The molecule has 0 radical (unpaired) electrons. The van der Waals surface area contributed by atoms with Gasteiger partial charge in [0, 0.05) is 13.2 Å². The number of rotatable bonds is 3. The third-order valence-corrected chi connectivity index (χ3v) is 1.96. The van der Waals surface area contributed by atoms with E-state index in [1.807, 2.05) is 0 Å². The third-order valence-electron chi connectivity index (χ3n) is 1.96. The molecule has 1 aromatic carbocycles. The van der Waals surface area contributed by atoms with Crippen molar-refractivity contribution < 1.29 is 0 Å². The smallest absolute Gasteiger partial charge is 0.0431 e. The van der Waals surface area contributed by atoms with Crippen LogP contribution in [0.2, 0.25) is 0 Å². The summed E-state index contributed by atoms with van der Waals surface area (Å²) >= 11 is 0. The zero-order chi connectivity index (χ0) is 8.97. The van der Waals surface area contributed by atoms with Crippen LogP contribution in [0.5, 0.6) is 0 Å². The molecule has 0 bridgehead atoms. The van der Waals surface area contributed by atoms with Crippen LogP contribution in [0.1, 0.15) is 16.7 Å². The molecule has 1 rings (SSSR count). The summed E-state index contributed by atoms with van der Waals surface area (Å²) in [6.45, 7) is 5.63. The van der Waals surface area contributed by atoms with E-state index in [1.54, 1.807) is 0 Å². The van der Waals surface area contributed by atoms with Gasteiger partial charge in [0.15, 0.2) is 0 Å². The van der Waals surface area contributed by atoms with E-state index in [-0.39, 0.29) is 0 Å². The Hall–Kier alpha value is -0.860. The molecule has 12 heavy (non-hydrogen) atoms. The highest BCUT2D eigenvalue weighted by atomic mass is 14.9. The van der Waals surface area contributed by atoms with Crippen LogP contribution in [0, 0.1) is 13.8 Å². The van der Waals surface area contributed by atoms with E-state index in [0.717, 1.165) is 6.54 Å². The molecule has 0 aliphatic heterocycles. The van der Waals surface area contributed by atoms with Crippen LogP contribution in [0.3, 0.4) is 0 Å². The van der Waals surface area contributed by atoms with E-state index in [0.29, 0.717) is 6.67 Å². The Balaban J connectivity index is 2.72. The van der Waals surface area contributed by atoms with E-state index in [1.165, 1.54) is 16.7 Å². The van der Waals surface area contributed by atoms with E-state index in [9.17, 15) is 0 Å². The highest BCUT2D eigenvalue weighted by molar-refractivity contribution is 5.30. The van der Waals surface area contributed by atoms with Gasteiger partial charge in [-0.3, -0.25) is 0 Å². The molecule has 0 saturated heterocycles. The van der Waals surface area contributed by atoms with Gasteiger partial charge >= 0.3 is 0 Å². The normalized spacial score (nSPS) is 10.2. The van der Waals surface area contributed by atoms with Gasteiger partial charge in [0.1, 0.15) is 0 Å². The summed E-state index contributed by atoms with van der Waals surface area (Å²) < 4.78 is 0. The molecule has 0 unspecified atom stereocenters. The molecule has 0 amide bonds. The Bertz CT molecular complexity index is 256. The molecule has 0 aliphatic rings. The lowest BCUT2D eigenvalue weighted by Gasteiger charge is -2.06. The fraction of sp³-hybridized carbons (Fsp3) is 0.400. The SMILES string of the molecule is Cc1ccc(CNCN)c(C)c1. The Morgan fingerprint density at radius 1 is 1.33 bits per heavy atom. The van der Waals surface area contributed by atoms with Crippen molar-refractivity contribution in [1.82, 2.24) is 5.32 Å². The molecule has 0 saturated carbocycles. The summed E-state index contributed by atoms with van der Waals surface area (Å²) in [5.41, 5.74) is 9.31. The van der Waals surface area contributed by atoms with Gasteiger partial charge in [0.05, 0.1) is 0 Å². The molecule has 0 heterocycles. The summed E-state index contributed by atoms with van der Waals surface area (Å²) in [5, 5.41) is 3.10. The van der Waals surface area contributed by atoms with Gasteiger partial charge in [0.25, 0.3) is 0 Å². The molecule has 0 aromatic heterocycles. The molecule has 0 aliphatic carbocycles. The maximum absolute atomic E-state index is 5.35. The van der Waals surface area contributed by atoms with Crippen molar-refractivity contribution in [2.75, 3.05) is 6.67 Å².